The molecular weight excluding hydrogens is 1000 g/mol. The lowest BCUT2D eigenvalue weighted by molar-refractivity contribution is -0.870. The first-order chi connectivity index (χ1) is 38.4. The van der Waals surface area contributed by atoms with Crippen molar-refractivity contribution in [2.24, 2.45) is 0 Å². The van der Waals surface area contributed by atoms with Gasteiger partial charge < -0.3 is 28.5 Å². The number of esters is 1. The minimum atomic E-state index is -4.70. The highest BCUT2D eigenvalue weighted by molar-refractivity contribution is 7.45. The van der Waals surface area contributed by atoms with E-state index in [4.69, 9.17) is 13.8 Å². The van der Waals surface area contributed by atoms with Gasteiger partial charge in [-0.15, -0.1) is 0 Å². The van der Waals surface area contributed by atoms with Crippen molar-refractivity contribution in [1.29, 1.82) is 0 Å². The molecule has 79 heavy (non-hydrogen) atoms. The van der Waals surface area contributed by atoms with Gasteiger partial charge in [0, 0.05) is 12.8 Å². The highest BCUT2D eigenvalue weighted by Gasteiger charge is 2.27. The SMILES string of the molecule is CCCCC/C=C\C/C=C\C/C=C\C/C=C\CCCCCCCCCCCCCC(=O)OC(/C=C\CCCCCCCCCCCCC)C(COP(=O)([O-])OCC[N+](C)(C)C)NC(=O)CCCCC/C=C\CCCCCCCC. The van der Waals surface area contributed by atoms with Gasteiger partial charge in [-0.3, -0.25) is 14.2 Å². The van der Waals surface area contributed by atoms with Crippen LogP contribution in [0.15, 0.2) is 72.9 Å². The molecule has 0 rings (SSSR count). The topological polar surface area (TPSA) is 114 Å². The number of carbonyl (C=O) groups is 2. The number of allylic oxidation sites excluding steroid dienone is 11. The maximum atomic E-state index is 13.5. The highest BCUT2D eigenvalue weighted by atomic mass is 31.2. The van der Waals surface area contributed by atoms with Gasteiger partial charge in [-0.2, -0.15) is 0 Å². The summed E-state index contributed by atoms with van der Waals surface area (Å²) in [7, 11) is 1.17. The van der Waals surface area contributed by atoms with E-state index in [1.54, 1.807) is 0 Å². The maximum absolute atomic E-state index is 13.5. The molecule has 0 heterocycles. The molecule has 0 saturated heterocycles. The van der Waals surface area contributed by atoms with Crippen molar-refractivity contribution >= 4 is 19.7 Å². The fraction of sp³-hybridized carbons (Fsp3) is 0.797. The molecular formula is C69H127N2O7P. The first-order valence-corrected chi connectivity index (χ1v) is 34.7. The molecule has 0 aromatic carbocycles. The molecule has 3 atom stereocenters. The van der Waals surface area contributed by atoms with Crippen LogP contribution in [0, 0.1) is 0 Å². The number of phosphoric acid groups is 1. The Balaban J connectivity index is 5.09. The van der Waals surface area contributed by atoms with E-state index in [2.05, 4.69) is 86.8 Å². The molecule has 0 saturated carbocycles. The van der Waals surface area contributed by atoms with Crippen molar-refractivity contribution in [2.45, 2.75) is 315 Å². The average molecular weight is 1130 g/mol. The first-order valence-electron chi connectivity index (χ1n) is 33.2. The Bertz CT molecular complexity index is 1580. The number of likely N-dealkylation sites (N-methyl/N-ethyl adjacent to an activating group) is 1. The lowest BCUT2D eigenvalue weighted by atomic mass is 10.0. The molecule has 1 amide bonds. The number of carbonyl (C=O) groups excluding carboxylic acids is 2. The largest absolute Gasteiger partial charge is 0.756 e. The number of unbranched alkanes of at least 4 members (excludes halogenated alkanes) is 34. The summed E-state index contributed by atoms with van der Waals surface area (Å²) in [5.41, 5.74) is 0. The monoisotopic (exact) mass is 1130 g/mol. The summed E-state index contributed by atoms with van der Waals surface area (Å²) >= 11 is 0. The van der Waals surface area contributed by atoms with Crippen LogP contribution < -0.4 is 10.2 Å². The zero-order valence-electron chi connectivity index (χ0n) is 52.6. The zero-order valence-corrected chi connectivity index (χ0v) is 53.5. The van der Waals surface area contributed by atoms with Gasteiger partial charge in [0.25, 0.3) is 7.82 Å². The first kappa shape index (κ1) is 76.5. The summed E-state index contributed by atoms with van der Waals surface area (Å²) in [4.78, 5) is 40.0. The average Bonchev–Trinajstić information content (AvgIpc) is 3.41. The summed E-state index contributed by atoms with van der Waals surface area (Å²) in [6.45, 7) is 6.81. The van der Waals surface area contributed by atoms with Crippen LogP contribution in [0.25, 0.3) is 0 Å². The van der Waals surface area contributed by atoms with Crippen LogP contribution in [0.2, 0.25) is 0 Å². The second-order valence-corrected chi connectivity index (χ2v) is 25.0. The minimum absolute atomic E-state index is 0.0267. The molecule has 460 valence electrons. The highest BCUT2D eigenvalue weighted by Crippen LogP contribution is 2.38. The molecule has 0 aliphatic carbocycles. The Morgan fingerprint density at radius 2 is 0.772 bits per heavy atom. The second-order valence-electron chi connectivity index (χ2n) is 23.6. The lowest BCUT2D eigenvalue weighted by Crippen LogP contribution is -2.47. The maximum Gasteiger partial charge on any atom is 0.306 e. The van der Waals surface area contributed by atoms with Crippen LogP contribution >= 0.6 is 7.82 Å². The molecule has 0 aromatic rings. The number of nitrogens with one attached hydrogen (secondary N) is 1. The van der Waals surface area contributed by atoms with Crippen LogP contribution in [0.4, 0.5) is 0 Å². The molecule has 0 fully saturated rings. The Labute approximate surface area is 489 Å². The number of rotatable bonds is 60. The van der Waals surface area contributed by atoms with Crippen LogP contribution in [-0.2, 0) is 27.9 Å². The summed E-state index contributed by atoms with van der Waals surface area (Å²) < 4.78 is 30.3. The predicted molar refractivity (Wildman–Crippen MR) is 339 cm³/mol. The number of nitrogens with zero attached hydrogens (tertiary/aromatic N) is 1. The van der Waals surface area contributed by atoms with E-state index >= 15 is 0 Å². The van der Waals surface area contributed by atoms with Gasteiger partial charge in [0.05, 0.1) is 33.8 Å². The third-order valence-corrected chi connectivity index (χ3v) is 15.6. The van der Waals surface area contributed by atoms with E-state index in [1.807, 2.05) is 33.3 Å². The summed E-state index contributed by atoms with van der Waals surface area (Å²) in [5.74, 6) is -0.558. The van der Waals surface area contributed by atoms with E-state index in [0.717, 1.165) is 83.5 Å². The van der Waals surface area contributed by atoms with E-state index < -0.39 is 26.6 Å². The quantitative estimate of drug-likeness (QED) is 0.0212. The van der Waals surface area contributed by atoms with Gasteiger partial charge in [-0.05, 0) is 102 Å². The smallest absolute Gasteiger partial charge is 0.306 e. The molecule has 0 aliphatic rings. The Morgan fingerprint density at radius 1 is 0.443 bits per heavy atom. The third-order valence-electron chi connectivity index (χ3n) is 14.6. The normalized spacial score (nSPS) is 14.1. The predicted octanol–water partition coefficient (Wildman–Crippen LogP) is 20.2. The van der Waals surface area contributed by atoms with E-state index in [0.29, 0.717) is 23.9 Å². The molecule has 0 aliphatic heterocycles. The van der Waals surface area contributed by atoms with Crippen molar-refractivity contribution in [3.8, 4) is 0 Å². The van der Waals surface area contributed by atoms with Crippen LogP contribution in [0.3, 0.4) is 0 Å². The number of phosphoric ester groups is 1. The van der Waals surface area contributed by atoms with E-state index in [9.17, 15) is 19.0 Å². The molecule has 3 unspecified atom stereocenters. The van der Waals surface area contributed by atoms with Crippen molar-refractivity contribution in [3.63, 3.8) is 0 Å². The minimum Gasteiger partial charge on any atom is -0.756 e. The molecule has 10 heteroatoms. The van der Waals surface area contributed by atoms with E-state index in [1.165, 1.54) is 180 Å². The third kappa shape index (κ3) is 59.9. The number of amides is 1. The van der Waals surface area contributed by atoms with Gasteiger partial charge in [0.15, 0.2) is 0 Å². The standard InChI is InChI=1S/C69H127N2O7P/c1-7-10-13-16-19-22-25-28-29-30-31-32-33-34-35-36-37-38-39-40-41-44-47-50-53-56-59-62-69(73)78-67(60-57-54-51-48-45-42-26-23-20-17-14-11-8-2)66(65-77-79(74,75)76-64-63-71(4,5)6)70-68(72)61-58-55-52-49-46-43-27-24-21-18-15-12-9-3/h19,22,28-29,31-32,34-35,43,46,57,60,66-67H,7-18,20-21,23-27,30,33,36-42,44-45,47-56,58-59,61-65H2,1-6H3,(H-,70,72,74,75)/b22-19-,29-28-,32-31-,35-34-,46-43-,60-57-. The Hall–Kier alpha value is -2.55. The van der Waals surface area contributed by atoms with Crippen molar-refractivity contribution in [3.05, 3.63) is 72.9 Å². The summed E-state index contributed by atoms with van der Waals surface area (Å²) in [6, 6.07) is -0.899. The number of hydrogen-bond acceptors (Lipinski definition) is 7. The van der Waals surface area contributed by atoms with Gasteiger partial charge in [0.2, 0.25) is 5.91 Å². The van der Waals surface area contributed by atoms with Gasteiger partial charge in [0.1, 0.15) is 19.3 Å². The van der Waals surface area contributed by atoms with Crippen molar-refractivity contribution < 1.29 is 37.3 Å². The molecule has 1 N–H and O–H groups in total. The molecule has 9 nitrogen and oxygen atoms in total. The second kappa shape index (κ2) is 58.6. The zero-order chi connectivity index (χ0) is 57.9. The Kier molecular flexibility index (Phi) is 56.7. The summed E-state index contributed by atoms with van der Waals surface area (Å²) in [6.07, 6.45) is 75.9. The Morgan fingerprint density at radius 3 is 1.20 bits per heavy atom. The number of quaternary nitrogens is 1. The fourth-order valence-corrected chi connectivity index (χ4v) is 10.2. The van der Waals surface area contributed by atoms with Crippen LogP contribution in [0.1, 0.15) is 303 Å². The molecule has 0 spiro atoms. The van der Waals surface area contributed by atoms with Gasteiger partial charge in [-0.25, -0.2) is 0 Å². The molecule has 0 aromatic heterocycles. The molecule has 0 bridgehead atoms. The van der Waals surface area contributed by atoms with Crippen LogP contribution in [0.5, 0.6) is 0 Å². The lowest BCUT2D eigenvalue weighted by Gasteiger charge is -2.30. The van der Waals surface area contributed by atoms with Crippen molar-refractivity contribution in [1.82, 2.24) is 5.32 Å². The fourth-order valence-electron chi connectivity index (χ4n) is 9.44. The van der Waals surface area contributed by atoms with E-state index in [-0.39, 0.29) is 24.9 Å². The van der Waals surface area contributed by atoms with Crippen LogP contribution in [-0.4, -0.2) is 69.4 Å². The number of ether oxygens (including phenoxy) is 1. The van der Waals surface area contributed by atoms with Gasteiger partial charge in [-0.1, -0.05) is 261 Å². The molecule has 0 radical (unpaired) electrons. The van der Waals surface area contributed by atoms with Gasteiger partial charge >= 0.3 is 5.97 Å². The van der Waals surface area contributed by atoms with Crippen molar-refractivity contribution in [2.75, 3.05) is 40.9 Å². The number of hydrogen-bond donors (Lipinski definition) is 1. The summed E-state index contributed by atoms with van der Waals surface area (Å²) in [5, 5.41) is 3.02.